The van der Waals surface area contributed by atoms with E-state index in [-0.39, 0.29) is 24.4 Å². The summed E-state index contributed by atoms with van der Waals surface area (Å²) in [5.74, 6) is 0. The van der Waals surface area contributed by atoms with Crippen molar-refractivity contribution in [1.29, 1.82) is 0 Å². The van der Waals surface area contributed by atoms with Crippen molar-refractivity contribution in [3.05, 3.63) is 0 Å². The van der Waals surface area contributed by atoms with Crippen LogP contribution in [-0.4, -0.2) is 107 Å². The molecule has 0 bridgehead atoms. The molecule has 0 aromatic heterocycles. The van der Waals surface area contributed by atoms with Gasteiger partial charge in [0, 0.05) is 52.4 Å². The Bertz CT molecular complexity index is 763. The molecule has 0 saturated carbocycles. The Kier molecular flexibility index (Phi) is 47.0. The molecule has 0 spiro atoms. The van der Waals surface area contributed by atoms with Gasteiger partial charge in [-0.2, -0.15) is 0 Å². The van der Waals surface area contributed by atoms with E-state index in [0.29, 0.717) is 26.2 Å². The Morgan fingerprint density at radius 2 is 0.559 bits per heavy atom. The van der Waals surface area contributed by atoms with E-state index in [1.165, 1.54) is 180 Å². The summed E-state index contributed by atoms with van der Waals surface area (Å²) in [5.41, 5.74) is 0. The van der Waals surface area contributed by atoms with Gasteiger partial charge in [-0.05, 0) is 25.7 Å². The largest absolute Gasteiger partial charge is 0.392 e. The van der Waals surface area contributed by atoms with Gasteiger partial charge in [0.2, 0.25) is 0 Å². The van der Waals surface area contributed by atoms with E-state index in [1.807, 2.05) is 0 Å². The zero-order chi connectivity index (χ0) is 43.3. The number of nitrogens with one attached hydrogen (secondary N) is 1. The van der Waals surface area contributed by atoms with Gasteiger partial charge >= 0.3 is 0 Å². The first kappa shape index (κ1) is 58.7. The van der Waals surface area contributed by atoms with Crippen molar-refractivity contribution >= 4 is 0 Å². The maximum absolute atomic E-state index is 11.2. The molecule has 7 nitrogen and oxygen atoms in total. The lowest BCUT2D eigenvalue weighted by molar-refractivity contribution is 0.0482. The van der Waals surface area contributed by atoms with Crippen LogP contribution >= 0.6 is 0 Å². The van der Waals surface area contributed by atoms with E-state index in [0.717, 1.165) is 77.5 Å². The second-order valence-corrected chi connectivity index (χ2v) is 18.9. The molecule has 0 aromatic carbocycles. The maximum atomic E-state index is 11.2. The standard InChI is InChI=1S/C52H109N3O4/c1-5-9-13-17-21-25-29-33-37-49(56)45-53-41-42-54(46-50(57)38-34-30-26-22-18-14-10-6-2)43-44-55(47-51(58)39-35-31-27-23-19-15-11-7-3)48-52(59)40-36-32-28-24-20-16-12-8-4/h49-53,56-59H,5-48H2,1-4H3. The van der Waals surface area contributed by atoms with Crippen LogP contribution < -0.4 is 5.32 Å². The highest BCUT2D eigenvalue weighted by Crippen LogP contribution is 2.16. The van der Waals surface area contributed by atoms with E-state index < -0.39 is 0 Å². The van der Waals surface area contributed by atoms with E-state index in [9.17, 15) is 20.4 Å². The summed E-state index contributed by atoms with van der Waals surface area (Å²) in [6, 6.07) is 0. The van der Waals surface area contributed by atoms with Crippen molar-refractivity contribution in [2.45, 2.75) is 283 Å². The molecule has 0 heterocycles. The SMILES string of the molecule is CCCCCCCCCCC(O)CNCCN(CCN(CC(O)CCCCCCCCCC)CC(O)CCCCCCCCCC)CC(O)CCCCCCCCCC. The average Bonchev–Trinajstić information content (AvgIpc) is 3.22. The van der Waals surface area contributed by atoms with Crippen LogP contribution in [0.15, 0.2) is 0 Å². The second kappa shape index (κ2) is 47.2. The van der Waals surface area contributed by atoms with Gasteiger partial charge in [-0.25, -0.2) is 0 Å². The molecule has 0 aliphatic rings. The van der Waals surface area contributed by atoms with E-state index >= 15 is 0 Å². The third-order valence-corrected chi connectivity index (χ3v) is 12.7. The van der Waals surface area contributed by atoms with Gasteiger partial charge in [0.05, 0.1) is 24.4 Å². The number of aliphatic hydroxyl groups is 4. The van der Waals surface area contributed by atoms with E-state index in [1.54, 1.807) is 0 Å². The monoisotopic (exact) mass is 840 g/mol. The number of nitrogens with zero attached hydrogens (tertiary/aromatic N) is 2. The van der Waals surface area contributed by atoms with Gasteiger partial charge < -0.3 is 25.7 Å². The van der Waals surface area contributed by atoms with Crippen LogP contribution in [0.4, 0.5) is 0 Å². The molecule has 0 radical (unpaired) electrons. The van der Waals surface area contributed by atoms with Crippen molar-refractivity contribution in [1.82, 2.24) is 15.1 Å². The Morgan fingerprint density at radius 1 is 0.305 bits per heavy atom. The van der Waals surface area contributed by atoms with Gasteiger partial charge in [0.25, 0.3) is 0 Å². The fourth-order valence-corrected chi connectivity index (χ4v) is 8.67. The topological polar surface area (TPSA) is 99.4 Å². The lowest BCUT2D eigenvalue weighted by Crippen LogP contribution is -2.45. The summed E-state index contributed by atoms with van der Waals surface area (Å²) in [6.07, 6.45) is 42.6. The zero-order valence-electron chi connectivity index (χ0n) is 40.6. The molecule has 0 rings (SSSR count). The van der Waals surface area contributed by atoms with Gasteiger partial charge in [-0.1, -0.05) is 233 Å². The van der Waals surface area contributed by atoms with Crippen LogP contribution in [-0.2, 0) is 0 Å². The number of hydrogen-bond donors (Lipinski definition) is 5. The van der Waals surface area contributed by atoms with Crippen molar-refractivity contribution in [3.63, 3.8) is 0 Å². The first-order valence-electron chi connectivity index (χ1n) is 26.7. The molecular weight excluding hydrogens is 731 g/mol. The van der Waals surface area contributed by atoms with Gasteiger partial charge in [-0.15, -0.1) is 0 Å². The van der Waals surface area contributed by atoms with Crippen LogP contribution in [0.25, 0.3) is 0 Å². The van der Waals surface area contributed by atoms with E-state index in [2.05, 4.69) is 42.8 Å². The molecule has 0 aliphatic heterocycles. The maximum Gasteiger partial charge on any atom is 0.0667 e. The van der Waals surface area contributed by atoms with Gasteiger partial charge in [0.1, 0.15) is 0 Å². The predicted molar refractivity (Wildman–Crippen MR) is 259 cm³/mol. The number of unbranched alkanes of at least 4 members (excludes halogenated alkanes) is 28. The molecular formula is C52H109N3O4. The highest BCUT2D eigenvalue weighted by atomic mass is 16.3. The minimum atomic E-state index is -0.379. The summed E-state index contributed by atoms with van der Waals surface area (Å²) in [6.45, 7) is 14.7. The van der Waals surface area contributed by atoms with Crippen LogP contribution in [0.5, 0.6) is 0 Å². The smallest absolute Gasteiger partial charge is 0.0667 e. The fourth-order valence-electron chi connectivity index (χ4n) is 8.67. The van der Waals surface area contributed by atoms with Crippen molar-refractivity contribution in [2.75, 3.05) is 52.4 Å². The zero-order valence-corrected chi connectivity index (χ0v) is 40.6. The second-order valence-electron chi connectivity index (χ2n) is 18.9. The highest BCUT2D eigenvalue weighted by Gasteiger charge is 2.19. The fraction of sp³-hybridized carbons (Fsp3) is 1.00. The quantitative estimate of drug-likeness (QED) is 0.0389. The molecule has 0 amide bonds. The van der Waals surface area contributed by atoms with Crippen molar-refractivity contribution in [2.24, 2.45) is 0 Å². The molecule has 0 aliphatic carbocycles. The van der Waals surface area contributed by atoms with Crippen molar-refractivity contribution in [3.8, 4) is 0 Å². The minimum absolute atomic E-state index is 0.309. The molecule has 59 heavy (non-hydrogen) atoms. The lowest BCUT2D eigenvalue weighted by Gasteiger charge is -2.31. The Balaban J connectivity index is 5.17. The first-order chi connectivity index (χ1) is 28.9. The van der Waals surface area contributed by atoms with Crippen LogP contribution in [0.1, 0.15) is 259 Å². The molecule has 7 heteroatoms. The summed E-state index contributed by atoms with van der Waals surface area (Å²) < 4.78 is 0. The summed E-state index contributed by atoms with van der Waals surface area (Å²) >= 11 is 0. The van der Waals surface area contributed by atoms with Crippen molar-refractivity contribution < 1.29 is 20.4 Å². The van der Waals surface area contributed by atoms with Crippen LogP contribution in [0, 0.1) is 0 Å². The third-order valence-electron chi connectivity index (χ3n) is 12.7. The highest BCUT2D eigenvalue weighted by molar-refractivity contribution is 4.74. The summed E-state index contributed by atoms with van der Waals surface area (Å²) in [5, 5.41) is 47.8. The van der Waals surface area contributed by atoms with E-state index in [4.69, 9.17) is 0 Å². The Hall–Kier alpha value is -0.280. The summed E-state index contributed by atoms with van der Waals surface area (Å²) in [7, 11) is 0. The Morgan fingerprint density at radius 3 is 0.881 bits per heavy atom. The third kappa shape index (κ3) is 44.1. The summed E-state index contributed by atoms with van der Waals surface area (Å²) in [4.78, 5) is 4.69. The lowest BCUT2D eigenvalue weighted by atomic mass is 10.0. The number of hydrogen-bond acceptors (Lipinski definition) is 7. The number of aliphatic hydroxyl groups excluding tert-OH is 4. The molecule has 0 aromatic rings. The van der Waals surface area contributed by atoms with Gasteiger partial charge in [-0.3, -0.25) is 9.80 Å². The molecule has 5 N–H and O–H groups in total. The molecule has 4 atom stereocenters. The molecule has 4 unspecified atom stereocenters. The van der Waals surface area contributed by atoms with Crippen LogP contribution in [0.2, 0.25) is 0 Å². The molecule has 356 valence electrons. The number of rotatable bonds is 50. The first-order valence-corrected chi connectivity index (χ1v) is 26.7. The minimum Gasteiger partial charge on any atom is -0.392 e. The van der Waals surface area contributed by atoms with Gasteiger partial charge in [0.15, 0.2) is 0 Å². The molecule has 0 fully saturated rings. The average molecular weight is 840 g/mol. The molecule has 0 saturated heterocycles. The predicted octanol–water partition coefficient (Wildman–Crippen LogP) is 12.7. The normalized spacial score (nSPS) is 14.1. The van der Waals surface area contributed by atoms with Crippen LogP contribution in [0.3, 0.4) is 0 Å². The Labute approximate surface area is 370 Å².